The van der Waals surface area contributed by atoms with Gasteiger partial charge in [-0.3, -0.25) is 14.3 Å². The van der Waals surface area contributed by atoms with Crippen LogP contribution in [-0.2, 0) is 16.1 Å². The third kappa shape index (κ3) is 3.16. The standard InChI is InChI=1S/C19H22N4O2/c24-18(12-16-15-7-1-2-8-17(15)21-19(16)25)23-11-4-3-6-14(23)13-22-10-5-9-20-22/h1-2,5,7-10,14,16H,3-4,6,11-13H2,(H,21,25)/t14-,16-/m0/s1. The van der Waals surface area contributed by atoms with Crippen LogP contribution in [0.15, 0.2) is 42.7 Å². The summed E-state index contributed by atoms with van der Waals surface area (Å²) in [5, 5.41) is 7.14. The number of nitrogens with one attached hydrogen (secondary N) is 1. The van der Waals surface area contributed by atoms with E-state index in [9.17, 15) is 9.59 Å². The number of para-hydroxylation sites is 1. The first-order valence-corrected chi connectivity index (χ1v) is 8.89. The first-order valence-electron chi connectivity index (χ1n) is 8.89. The van der Waals surface area contributed by atoms with Gasteiger partial charge in [-0.15, -0.1) is 0 Å². The van der Waals surface area contributed by atoms with Crippen LogP contribution in [0.2, 0.25) is 0 Å². The highest BCUT2D eigenvalue weighted by molar-refractivity contribution is 6.04. The summed E-state index contributed by atoms with van der Waals surface area (Å²) in [6.45, 7) is 1.48. The molecular weight excluding hydrogens is 316 g/mol. The van der Waals surface area contributed by atoms with Crippen LogP contribution < -0.4 is 5.32 Å². The fraction of sp³-hybridized carbons (Fsp3) is 0.421. The van der Waals surface area contributed by atoms with Gasteiger partial charge >= 0.3 is 0 Å². The van der Waals surface area contributed by atoms with Crippen molar-refractivity contribution in [3.05, 3.63) is 48.3 Å². The van der Waals surface area contributed by atoms with Crippen LogP contribution in [0, 0.1) is 0 Å². The van der Waals surface area contributed by atoms with Gasteiger partial charge in [0.15, 0.2) is 0 Å². The number of fused-ring (bicyclic) bond motifs is 1. The fourth-order valence-electron chi connectivity index (χ4n) is 3.91. The monoisotopic (exact) mass is 338 g/mol. The van der Waals surface area contributed by atoms with Gasteiger partial charge in [0.05, 0.1) is 18.5 Å². The lowest BCUT2D eigenvalue weighted by atomic mass is 9.95. The smallest absolute Gasteiger partial charge is 0.232 e. The number of carbonyl (C=O) groups is 2. The predicted octanol–water partition coefficient (Wildman–Crippen LogP) is 2.39. The average molecular weight is 338 g/mol. The molecule has 0 spiro atoms. The molecule has 6 heteroatoms. The highest BCUT2D eigenvalue weighted by Gasteiger charge is 2.35. The Hall–Kier alpha value is -2.63. The normalized spacial score (nSPS) is 22.6. The Morgan fingerprint density at radius 1 is 1.24 bits per heavy atom. The number of nitrogens with zero attached hydrogens (tertiary/aromatic N) is 3. The number of anilines is 1. The largest absolute Gasteiger partial charge is 0.338 e. The first-order chi connectivity index (χ1) is 12.2. The van der Waals surface area contributed by atoms with Crippen molar-refractivity contribution in [2.24, 2.45) is 0 Å². The van der Waals surface area contributed by atoms with E-state index in [0.717, 1.165) is 37.1 Å². The van der Waals surface area contributed by atoms with E-state index >= 15 is 0 Å². The summed E-state index contributed by atoms with van der Waals surface area (Å²) in [6.07, 6.45) is 7.06. The average Bonchev–Trinajstić information content (AvgIpc) is 3.24. The van der Waals surface area contributed by atoms with Crippen molar-refractivity contribution in [1.82, 2.24) is 14.7 Å². The zero-order valence-electron chi connectivity index (χ0n) is 14.1. The summed E-state index contributed by atoms with van der Waals surface area (Å²) in [6, 6.07) is 9.68. The molecule has 1 saturated heterocycles. The Morgan fingerprint density at radius 2 is 2.12 bits per heavy atom. The van der Waals surface area contributed by atoms with Gasteiger partial charge in [-0.25, -0.2) is 0 Å². The number of piperidine rings is 1. The van der Waals surface area contributed by atoms with Crippen LogP contribution >= 0.6 is 0 Å². The molecule has 3 heterocycles. The third-order valence-electron chi connectivity index (χ3n) is 5.19. The van der Waals surface area contributed by atoms with E-state index in [1.165, 1.54) is 0 Å². The maximum absolute atomic E-state index is 13.0. The second-order valence-electron chi connectivity index (χ2n) is 6.80. The molecule has 2 aliphatic rings. The van der Waals surface area contributed by atoms with E-state index in [1.54, 1.807) is 6.20 Å². The van der Waals surface area contributed by atoms with Gasteiger partial charge in [-0.1, -0.05) is 18.2 Å². The van der Waals surface area contributed by atoms with E-state index in [4.69, 9.17) is 0 Å². The molecule has 0 aliphatic carbocycles. The van der Waals surface area contributed by atoms with Crippen LogP contribution in [0.1, 0.15) is 37.2 Å². The molecule has 0 radical (unpaired) electrons. The number of rotatable bonds is 4. The SMILES string of the molecule is O=C1Nc2ccccc2[C@@H]1CC(=O)N1CCCC[C@H]1Cn1cccn1. The molecular formula is C19H22N4O2. The topological polar surface area (TPSA) is 67.2 Å². The quantitative estimate of drug-likeness (QED) is 0.931. The van der Waals surface area contributed by atoms with Crippen molar-refractivity contribution in [3.8, 4) is 0 Å². The second kappa shape index (κ2) is 6.70. The summed E-state index contributed by atoms with van der Waals surface area (Å²) in [5.74, 6) is -0.389. The number of hydrogen-bond acceptors (Lipinski definition) is 3. The lowest BCUT2D eigenvalue weighted by Crippen LogP contribution is -2.46. The molecule has 2 aromatic rings. The van der Waals surface area contributed by atoms with Crippen molar-refractivity contribution in [1.29, 1.82) is 0 Å². The van der Waals surface area contributed by atoms with Crippen LogP contribution in [0.25, 0.3) is 0 Å². The first kappa shape index (κ1) is 15.9. The maximum Gasteiger partial charge on any atom is 0.232 e. The predicted molar refractivity (Wildman–Crippen MR) is 94.0 cm³/mol. The Morgan fingerprint density at radius 3 is 2.96 bits per heavy atom. The molecule has 130 valence electrons. The molecule has 1 aromatic carbocycles. The molecule has 2 atom stereocenters. The van der Waals surface area contributed by atoms with Crippen LogP contribution in [0.3, 0.4) is 0 Å². The molecule has 1 aromatic heterocycles. The lowest BCUT2D eigenvalue weighted by Gasteiger charge is -2.36. The number of hydrogen-bond donors (Lipinski definition) is 1. The van der Waals surface area contributed by atoms with Gasteiger partial charge in [0, 0.05) is 31.0 Å². The summed E-state index contributed by atoms with van der Waals surface area (Å²) < 4.78 is 1.88. The number of amides is 2. The van der Waals surface area contributed by atoms with E-state index in [1.807, 2.05) is 46.1 Å². The van der Waals surface area contributed by atoms with Gasteiger partial charge in [-0.2, -0.15) is 5.10 Å². The fourth-order valence-corrected chi connectivity index (χ4v) is 3.91. The lowest BCUT2D eigenvalue weighted by molar-refractivity contribution is -0.137. The van der Waals surface area contributed by atoms with Crippen molar-refractivity contribution in [2.75, 3.05) is 11.9 Å². The van der Waals surface area contributed by atoms with Crippen LogP contribution in [0.5, 0.6) is 0 Å². The van der Waals surface area contributed by atoms with Crippen LogP contribution in [-0.4, -0.2) is 39.1 Å². The molecule has 0 saturated carbocycles. The minimum absolute atomic E-state index is 0.0636. The van der Waals surface area contributed by atoms with E-state index < -0.39 is 0 Å². The Balaban J connectivity index is 1.48. The summed E-state index contributed by atoms with van der Waals surface area (Å²) in [7, 11) is 0. The molecule has 6 nitrogen and oxygen atoms in total. The molecule has 1 N–H and O–H groups in total. The molecule has 0 unspecified atom stereocenters. The molecule has 1 fully saturated rings. The molecule has 25 heavy (non-hydrogen) atoms. The second-order valence-corrected chi connectivity index (χ2v) is 6.80. The third-order valence-corrected chi connectivity index (χ3v) is 5.19. The highest BCUT2D eigenvalue weighted by atomic mass is 16.2. The summed E-state index contributed by atoms with van der Waals surface area (Å²) in [5.41, 5.74) is 1.76. The van der Waals surface area contributed by atoms with Crippen molar-refractivity contribution < 1.29 is 9.59 Å². The zero-order valence-corrected chi connectivity index (χ0v) is 14.1. The number of aromatic nitrogens is 2. The summed E-state index contributed by atoms with van der Waals surface area (Å²) in [4.78, 5) is 27.2. The maximum atomic E-state index is 13.0. The number of carbonyl (C=O) groups excluding carboxylic acids is 2. The van der Waals surface area contributed by atoms with Gasteiger partial charge in [0.1, 0.15) is 0 Å². The minimum atomic E-state index is -0.379. The molecule has 2 amide bonds. The molecule has 0 bridgehead atoms. The summed E-state index contributed by atoms with van der Waals surface area (Å²) >= 11 is 0. The van der Waals surface area contributed by atoms with Gasteiger partial charge in [0.25, 0.3) is 0 Å². The number of likely N-dealkylation sites (tertiary alicyclic amines) is 1. The Labute approximate surface area is 146 Å². The van der Waals surface area contributed by atoms with E-state index in [2.05, 4.69) is 10.4 Å². The van der Waals surface area contributed by atoms with Gasteiger partial charge in [0.2, 0.25) is 11.8 Å². The van der Waals surface area contributed by atoms with Crippen molar-refractivity contribution >= 4 is 17.5 Å². The number of benzene rings is 1. The molecule has 2 aliphatic heterocycles. The highest BCUT2D eigenvalue weighted by Crippen LogP contribution is 2.35. The van der Waals surface area contributed by atoms with E-state index in [-0.39, 0.29) is 30.2 Å². The van der Waals surface area contributed by atoms with Gasteiger partial charge < -0.3 is 10.2 Å². The Kier molecular flexibility index (Phi) is 4.26. The zero-order chi connectivity index (χ0) is 17.2. The minimum Gasteiger partial charge on any atom is -0.338 e. The van der Waals surface area contributed by atoms with Crippen molar-refractivity contribution in [2.45, 2.75) is 44.2 Å². The van der Waals surface area contributed by atoms with E-state index in [0.29, 0.717) is 6.54 Å². The molecule has 4 rings (SSSR count). The Bertz CT molecular complexity index is 771. The van der Waals surface area contributed by atoms with Crippen LogP contribution in [0.4, 0.5) is 5.69 Å². The van der Waals surface area contributed by atoms with Gasteiger partial charge in [-0.05, 0) is 37.0 Å². The van der Waals surface area contributed by atoms with Crippen molar-refractivity contribution in [3.63, 3.8) is 0 Å².